The molecule has 0 spiro atoms. The van der Waals surface area contributed by atoms with Crippen LogP contribution in [0, 0.1) is 24.2 Å². The summed E-state index contributed by atoms with van der Waals surface area (Å²) in [7, 11) is 0. The van der Waals surface area contributed by atoms with E-state index in [1.165, 1.54) is 6.92 Å². The van der Waals surface area contributed by atoms with Crippen LogP contribution in [0.15, 0.2) is 0 Å². The van der Waals surface area contributed by atoms with Crippen LogP contribution in [-0.4, -0.2) is 11.6 Å². The lowest BCUT2D eigenvalue weighted by Gasteiger charge is -2.25. The van der Waals surface area contributed by atoms with Gasteiger partial charge in [0.2, 0.25) is 0 Å². The molecule has 0 bridgehead atoms. The molecule has 2 nitrogen and oxygen atoms in total. The molecule has 0 rings (SSSR count). The van der Waals surface area contributed by atoms with Gasteiger partial charge in [0.25, 0.3) is 0 Å². The van der Waals surface area contributed by atoms with Gasteiger partial charge in [-0.2, -0.15) is 0 Å². The van der Waals surface area contributed by atoms with Crippen LogP contribution in [0.1, 0.15) is 47.5 Å². The van der Waals surface area contributed by atoms with Gasteiger partial charge < -0.3 is 4.74 Å². The van der Waals surface area contributed by atoms with Gasteiger partial charge >= 0.3 is 5.97 Å². The first-order valence-electron chi connectivity index (χ1n) is 5.48. The molecule has 0 saturated heterocycles. The normalized spacial score (nSPS) is 16.6. The number of carbonyl (C=O) groups excluding carboxylic acids is 1. The molecule has 0 aromatic heterocycles. The van der Waals surface area contributed by atoms with Gasteiger partial charge in [-0.05, 0) is 31.6 Å². The number of rotatable bonds is 5. The van der Waals surface area contributed by atoms with Crippen molar-refractivity contribution >= 4 is 5.97 Å². The smallest absolute Gasteiger partial charge is 0.304 e. The predicted octanol–water partition coefficient (Wildman–Crippen LogP) is 3.01. The van der Waals surface area contributed by atoms with Gasteiger partial charge in [-0.1, -0.05) is 26.7 Å². The van der Waals surface area contributed by atoms with E-state index in [0.29, 0.717) is 11.8 Å². The maximum absolute atomic E-state index is 10.9. The molecule has 0 aliphatic carbocycles. The SMILES string of the molecule is C#CC(C)(CCC(C)C(C)C)OC(C)=O. The molecule has 2 atom stereocenters. The van der Waals surface area contributed by atoms with Crippen molar-refractivity contribution < 1.29 is 9.53 Å². The quantitative estimate of drug-likeness (QED) is 0.515. The van der Waals surface area contributed by atoms with E-state index in [2.05, 4.69) is 26.7 Å². The van der Waals surface area contributed by atoms with E-state index in [4.69, 9.17) is 11.2 Å². The second kappa shape index (κ2) is 5.80. The highest BCUT2D eigenvalue weighted by atomic mass is 16.6. The number of ether oxygens (including phenoxy) is 1. The molecule has 0 fully saturated rings. The van der Waals surface area contributed by atoms with E-state index < -0.39 is 5.60 Å². The van der Waals surface area contributed by atoms with Crippen molar-refractivity contribution in [2.75, 3.05) is 0 Å². The van der Waals surface area contributed by atoms with Crippen LogP contribution in [-0.2, 0) is 9.53 Å². The van der Waals surface area contributed by atoms with Crippen molar-refractivity contribution in [3.63, 3.8) is 0 Å². The minimum atomic E-state index is -0.741. The second-order valence-electron chi connectivity index (χ2n) is 4.73. The second-order valence-corrected chi connectivity index (χ2v) is 4.73. The number of terminal acetylenes is 1. The van der Waals surface area contributed by atoms with Crippen LogP contribution in [0.5, 0.6) is 0 Å². The summed E-state index contributed by atoms with van der Waals surface area (Å²) in [5, 5.41) is 0. The Balaban J connectivity index is 4.22. The van der Waals surface area contributed by atoms with E-state index >= 15 is 0 Å². The summed E-state index contributed by atoms with van der Waals surface area (Å²) >= 11 is 0. The Kier molecular flexibility index (Phi) is 5.43. The summed E-state index contributed by atoms with van der Waals surface area (Å²) in [5.74, 6) is 3.47. The molecule has 0 saturated carbocycles. The maximum atomic E-state index is 10.9. The van der Waals surface area contributed by atoms with Gasteiger partial charge in [0, 0.05) is 6.92 Å². The van der Waals surface area contributed by atoms with Gasteiger partial charge in [-0.3, -0.25) is 4.79 Å². The molecular formula is C13H22O2. The van der Waals surface area contributed by atoms with Crippen molar-refractivity contribution in [1.29, 1.82) is 0 Å². The molecule has 0 amide bonds. The molecule has 2 unspecified atom stereocenters. The first kappa shape index (κ1) is 14.0. The number of esters is 1. The zero-order valence-corrected chi connectivity index (χ0v) is 10.5. The van der Waals surface area contributed by atoms with Gasteiger partial charge in [0.15, 0.2) is 5.60 Å². The summed E-state index contributed by atoms with van der Waals surface area (Å²) in [6, 6.07) is 0. The fourth-order valence-corrected chi connectivity index (χ4v) is 1.31. The Hall–Kier alpha value is -0.970. The fraction of sp³-hybridized carbons (Fsp3) is 0.769. The highest BCUT2D eigenvalue weighted by molar-refractivity contribution is 5.67. The first-order chi connectivity index (χ1) is 6.80. The summed E-state index contributed by atoms with van der Waals surface area (Å²) in [4.78, 5) is 10.9. The lowest BCUT2D eigenvalue weighted by Crippen LogP contribution is -2.29. The summed E-state index contributed by atoms with van der Waals surface area (Å²) < 4.78 is 5.14. The zero-order chi connectivity index (χ0) is 12.1. The molecular weight excluding hydrogens is 188 g/mol. The van der Waals surface area contributed by atoms with E-state index in [-0.39, 0.29) is 5.97 Å². The average molecular weight is 210 g/mol. The van der Waals surface area contributed by atoms with Gasteiger partial charge in [0.05, 0.1) is 0 Å². The first-order valence-corrected chi connectivity index (χ1v) is 5.48. The number of hydrogen-bond acceptors (Lipinski definition) is 2. The molecule has 2 heteroatoms. The molecule has 0 aliphatic heterocycles. The van der Waals surface area contributed by atoms with Crippen molar-refractivity contribution in [3.8, 4) is 12.3 Å². The topological polar surface area (TPSA) is 26.3 Å². The van der Waals surface area contributed by atoms with Gasteiger partial charge in [-0.25, -0.2) is 0 Å². The third-order valence-electron chi connectivity index (χ3n) is 2.89. The van der Waals surface area contributed by atoms with Gasteiger partial charge in [-0.15, -0.1) is 6.42 Å². The summed E-state index contributed by atoms with van der Waals surface area (Å²) in [6.07, 6.45) is 7.09. The van der Waals surface area contributed by atoms with Crippen LogP contribution < -0.4 is 0 Å². The average Bonchev–Trinajstić information content (AvgIpc) is 2.13. The monoisotopic (exact) mass is 210 g/mol. The Morgan fingerprint density at radius 2 is 2.00 bits per heavy atom. The summed E-state index contributed by atoms with van der Waals surface area (Å²) in [5.41, 5.74) is -0.741. The predicted molar refractivity (Wildman–Crippen MR) is 62.2 cm³/mol. The molecule has 0 aliphatic rings. The Labute approximate surface area is 93.4 Å². The van der Waals surface area contributed by atoms with E-state index in [9.17, 15) is 4.79 Å². The van der Waals surface area contributed by atoms with Gasteiger partial charge in [0.1, 0.15) is 0 Å². The van der Waals surface area contributed by atoms with Crippen molar-refractivity contribution in [2.24, 2.45) is 11.8 Å². The largest absolute Gasteiger partial charge is 0.446 e. The van der Waals surface area contributed by atoms with Crippen LogP contribution in [0.3, 0.4) is 0 Å². The van der Waals surface area contributed by atoms with Crippen LogP contribution >= 0.6 is 0 Å². The Bertz CT molecular complexity index is 250. The molecule has 0 radical (unpaired) electrons. The Morgan fingerprint density at radius 3 is 2.33 bits per heavy atom. The highest BCUT2D eigenvalue weighted by Gasteiger charge is 2.25. The lowest BCUT2D eigenvalue weighted by atomic mass is 9.88. The van der Waals surface area contributed by atoms with E-state index in [1.807, 2.05) is 0 Å². The third-order valence-corrected chi connectivity index (χ3v) is 2.89. The number of carbonyl (C=O) groups is 1. The van der Waals surface area contributed by atoms with Crippen LogP contribution in [0.2, 0.25) is 0 Å². The highest BCUT2D eigenvalue weighted by Crippen LogP contribution is 2.23. The third kappa shape index (κ3) is 5.47. The minimum Gasteiger partial charge on any atom is -0.446 e. The molecule has 0 N–H and O–H groups in total. The summed E-state index contributed by atoms with van der Waals surface area (Å²) in [6.45, 7) is 9.74. The fourth-order valence-electron chi connectivity index (χ4n) is 1.31. The molecule has 86 valence electrons. The zero-order valence-electron chi connectivity index (χ0n) is 10.5. The van der Waals surface area contributed by atoms with E-state index in [0.717, 1.165) is 12.8 Å². The maximum Gasteiger partial charge on any atom is 0.304 e. The van der Waals surface area contributed by atoms with Crippen molar-refractivity contribution in [3.05, 3.63) is 0 Å². The van der Waals surface area contributed by atoms with Crippen LogP contribution in [0.4, 0.5) is 0 Å². The standard InChI is InChI=1S/C13H22O2/c1-7-13(6,15-12(5)14)9-8-11(4)10(2)3/h1,10-11H,8-9H2,2-6H3. The van der Waals surface area contributed by atoms with Crippen molar-refractivity contribution in [1.82, 2.24) is 0 Å². The van der Waals surface area contributed by atoms with E-state index in [1.54, 1.807) is 6.92 Å². The molecule has 15 heavy (non-hydrogen) atoms. The number of hydrogen-bond donors (Lipinski definition) is 0. The molecule has 0 aromatic rings. The van der Waals surface area contributed by atoms with Crippen LogP contribution in [0.25, 0.3) is 0 Å². The lowest BCUT2D eigenvalue weighted by molar-refractivity contribution is -0.150. The molecule has 0 heterocycles. The molecule has 0 aromatic carbocycles. The minimum absolute atomic E-state index is 0.312. The van der Waals surface area contributed by atoms with Crippen molar-refractivity contribution in [2.45, 2.75) is 53.1 Å². The Morgan fingerprint density at radius 1 is 1.47 bits per heavy atom.